The summed E-state index contributed by atoms with van der Waals surface area (Å²) in [7, 11) is 0. The fraction of sp³-hybridized carbons (Fsp3) is 0.0909. The van der Waals surface area contributed by atoms with E-state index in [2.05, 4.69) is 84.9 Å². The van der Waals surface area contributed by atoms with Gasteiger partial charge in [-0.15, -0.1) is 0 Å². The molecular weight excluding hydrogens is 278 g/mol. The monoisotopic (exact) mass is 297 g/mol. The van der Waals surface area contributed by atoms with Crippen LogP contribution >= 0.6 is 0 Å². The van der Waals surface area contributed by atoms with Crippen LogP contribution in [0.5, 0.6) is 0 Å². The van der Waals surface area contributed by atoms with Crippen molar-refractivity contribution in [2.24, 2.45) is 5.73 Å². The number of benzene rings is 3. The van der Waals surface area contributed by atoms with Gasteiger partial charge in [0.2, 0.25) is 0 Å². The first-order valence-corrected chi connectivity index (χ1v) is 8.02. The predicted octanol–water partition coefficient (Wildman–Crippen LogP) is 5.25. The molecule has 1 heteroatoms. The van der Waals surface area contributed by atoms with Crippen molar-refractivity contribution >= 4 is 16.3 Å². The summed E-state index contributed by atoms with van der Waals surface area (Å²) in [6.45, 7) is 0. The molecule has 4 rings (SSSR count). The van der Waals surface area contributed by atoms with E-state index in [1.165, 1.54) is 27.5 Å². The van der Waals surface area contributed by atoms with Gasteiger partial charge in [-0.2, -0.15) is 0 Å². The minimum atomic E-state index is 0.343. The van der Waals surface area contributed by atoms with Crippen LogP contribution < -0.4 is 5.73 Å². The number of hydrogen-bond acceptors (Lipinski definition) is 1. The summed E-state index contributed by atoms with van der Waals surface area (Å²) in [4.78, 5) is 0. The van der Waals surface area contributed by atoms with Crippen LogP contribution in [-0.4, -0.2) is 0 Å². The number of nitrogens with two attached hydrogens (primary N) is 1. The minimum Gasteiger partial charge on any atom is -0.399 e. The molecule has 0 amide bonds. The second-order valence-corrected chi connectivity index (χ2v) is 6.08. The molecule has 0 fully saturated rings. The molecule has 0 heterocycles. The molecule has 0 radical (unpaired) electrons. The third-order valence-electron chi connectivity index (χ3n) is 4.54. The largest absolute Gasteiger partial charge is 0.399 e. The molecule has 3 aromatic carbocycles. The molecule has 1 aliphatic rings. The molecule has 1 atom stereocenters. The Labute approximate surface area is 136 Å². The maximum Gasteiger partial charge on any atom is 0.0282 e. The van der Waals surface area contributed by atoms with Crippen molar-refractivity contribution in [3.63, 3.8) is 0 Å². The molecule has 1 aliphatic carbocycles. The second-order valence-electron chi connectivity index (χ2n) is 6.08. The van der Waals surface area contributed by atoms with E-state index in [1.54, 1.807) is 0 Å². The smallest absolute Gasteiger partial charge is 0.0282 e. The lowest BCUT2D eigenvalue weighted by Crippen LogP contribution is -2.08. The Kier molecular flexibility index (Phi) is 3.47. The van der Waals surface area contributed by atoms with E-state index in [9.17, 15) is 0 Å². The van der Waals surface area contributed by atoms with E-state index in [0.29, 0.717) is 5.92 Å². The standard InChI is InChI=1S/C22H19N/c23-20-14-18(16-7-2-1-3-8-16)13-19(15-20)22-12-6-10-17-9-4-5-11-21(17)22/h1-12,14-15,18H,13,23H2. The molecule has 23 heavy (non-hydrogen) atoms. The van der Waals surface area contributed by atoms with Crippen LogP contribution in [0.15, 0.2) is 90.6 Å². The molecule has 0 bridgehead atoms. The van der Waals surface area contributed by atoms with Crippen LogP contribution in [0.4, 0.5) is 0 Å². The summed E-state index contributed by atoms with van der Waals surface area (Å²) in [6.07, 6.45) is 5.28. The van der Waals surface area contributed by atoms with Gasteiger partial charge in [-0.3, -0.25) is 0 Å². The first-order valence-electron chi connectivity index (χ1n) is 8.02. The quantitative estimate of drug-likeness (QED) is 0.686. The van der Waals surface area contributed by atoms with E-state index in [4.69, 9.17) is 5.73 Å². The summed E-state index contributed by atoms with van der Waals surface area (Å²) in [5.74, 6) is 0.343. The van der Waals surface area contributed by atoms with Crippen molar-refractivity contribution in [2.45, 2.75) is 12.3 Å². The lowest BCUT2D eigenvalue weighted by molar-refractivity contribution is 0.855. The first-order chi connectivity index (χ1) is 11.3. The summed E-state index contributed by atoms with van der Waals surface area (Å²) in [5.41, 5.74) is 11.0. The van der Waals surface area contributed by atoms with E-state index in [0.717, 1.165) is 12.1 Å². The third-order valence-corrected chi connectivity index (χ3v) is 4.54. The van der Waals surface area contributed by atoms with E-state index >= 15 is 0 Å². The van der Waals surface area contributed by atoms with E-state index < -0.39 is 0 Å². The number of hydrogen-bond donors (Lipinski definition) is 1. The zero-order valence-electron chi connectivity index (χ0n) is 12.9. The van der Waals surface area contributed by atoms with Crippen LogP contribution in [0.3, 0.4) is 0 Å². The fourth-order valence-corrected chi connectivity index (χ4v) is 3.44. The Balaban J connectivity index is 1.78. The second kappa shape index (κ2) is 5.77. The molecule has 0 aliphatic heterocycles. The molecule has 1 unspecified atom stereocenters. The molecule has 0 saturated heterocycles. The van der Waals surface area contributed by atoms with Gasteiger partial charge in [-0.25, -0.2) is 0 Å². The van der Waals surface area contributed by atoms with Gasteiger partial charge in [0.1, 0.15) is 0 Å². The average molecular weight is 297 g/mol. The molecule has 0 saturated carbocycles. The van der Waals surface area contributed by atoms with Crippen LogP contribution in [-0.2, 0) is 0 Å². The Morgan fingerprint density at radius 2 is 1.52 bits per heavy atom. The molecule has 0 aromatic heterocycles. The minimum absolute atomic E-state index is 0.343. The van der Waals surface area contributed by atoms with Crippen molar-refractivity contribution in [1.82, 2.24) is 0 Å². The summed E-state index contributed by atoms with van der Waals surface area (Å²) in [6, 6.07) is 25.6. The van der Waals surface area contributed by atoms with Gasteiger partial charge < -0.3 is 5.73 Å². The Morgan fingerprint density at radius 3 is 2.39 bits per heavy atom. The van der Waals surface area contributed by atoms with Gasteiger partial charge in [-0.05, 0) is 40.0 Å². The van der Waals surface area contributed by atoms with Crippen molar-refractivity contribution < 1.29 is 0 Å². The summed E-state index contributed by atoms with van der Waals surface area (Å²) in [5, 5.41) is 2.57. The van der Waals surface area contributed by atoms with E-state index in [1.807, 2.05) is 0 Å². The molecular formula is C22H19N. The lowest BCUT2D eigenvalue weighted by atomic mass is 9.83. The van der Waals surface area contributed by atoms with Gasteiger partial charge in [0.15, 0.2) is 0 Å². The topological polar surface area (TPSA) is 26.0 Å². The van der Waals surface area contributed by atoms with E-state index in [-0.39, 0.29) is 0 Å². The van der Waals surface area contributed by atoms with Crippen molar-refractivity contribution in [3.8, 4) is 0 Å². The summed E-state index contributed by atoms with van der Waals surface area (Å²) >= 11 is 0. The van der Waals surface area contributed by atoms with Crippen LogP contribution in [0.1, 0.15) is 23.5 Å². The first kappa shape index (κ1) is 13.8. The highest BCUT2D eigenvalue weighted by atomic mass is 14.6. The van der Waals surface area contributed by atoms with Gasteiger partial charge in [-0.1, -0.05) is 78.9 Å². The zero-order valence-corrected chi connectivity index (χ0v) is 12.9. The molecule has 2 N–H and O–H groups in total. The molecule has 1 nitrogen and oxygen atoms in total. The van der Waals surface area contributed by atoms with Gasteiger partial charge in [0.25, 0.3) is 0 Å². The van der Waals surface area contributed by atoms with Gasteiger partial charge in [0, 0.05) is 11.6 Å². The SMILES string of the molecule is NC1=CC(c2ccccc2)CC(c2cccc3ccccc23)=C1. The Hall–Kier alpha value is -2.80. The number of fused-ring (bicyclic) bond motifs is 1. The third kappa shape index (κ3) is 2.66. The van der Waals surface area contributed by atoms with Crippen LogP contribution in [0, 0.1) is 0 Å². The predicted molar refractivity (Wildman–Crippen MR) is 98.0 cm³/mol. The Bertz CT molecular complexity index is 898. The molecule has 112 valence electrons. The molecule has 3 aromatic rings. The summed E-state index contributed by atoms with van der Waals surface area (Å²) < 4.78 is 0. The lowest BCUT2D eigenvalue weighted by Gasteiger charge is -2.22. The van der Waals surface area contributed by atoms with Crippen molar-refractivity contribution in [3.05, 3.63) is 102 Å². The molecule has 0 spiro atoms. The Morgan fingerprint density at radius 1 is 0.783 bits per heavy atom. The van der Waals surface area contributed by atoms with Gasteiger partial charge in [0.05, 0.1) is 0 Å². The number of allylic oxidation sites excluding steroid dienone is 3. The highest BCUT2D eigenvalue weighted by Crippen LogP contribution is 2.37. The highest BCUT2D eigenvalue weighted by Gasteiger charge is 2.18. The van der Waals surface area contributed by atoms with Crippen LogP contribution in [0.25, 0.3) is 16.3 Å². The van der Waals surface area contributed by atoms with Gasteiger partial charge >= 0.3 is 0 Å². The van der Waals surface area contributed by atoms with Crippen molar-refractivity contribution in [1.29, 1.82) is 0 Å². The normalized spacial score (nSPS) is 17.7. The average Bonchev–Trinajstić information content (AvgIpc) is 2.61. The maximum atomic E-state index is 6.22. The van der Waals surface area contributed by atoms with Crippen LogP contribution in [0.2, 0.25) is 0 Å². The number of rotatable bonds is 2. The zero-order chi connectivity index (χ0) is 15.6. The maximum absolute atomic E-state index is 6.22. The van der Waals surface area contributed by atoms with Crippen molar-refractivity contribution in [2.75, 3.05) is 0 Å². The highest BCUT2D eigenvalue weighted by molar-refractivity contribution is 5.94. The fourth-order valence-electron chi connectivity index (χ4n) is 3.44.